The third-order valence-corrected chi connectivity index (χ3v) is 6.18. The molecule has 4 rings (SSSR count). The van der Waals surface area contributed by atoms with Crippen molar-refractivity contribution in [2.75, 3.05) is 13.2 Å². The molecule has 7 nitrogen and oxygen atoms in total. The molecule has 1 N–H and O–H groups in total. The molecular formula is C26H29NO6. The van der Waals surface area contributed by atoms with Gasteiger partial charge in [-0.1, -0.05) is 48.5 Å². The SMILES string of the molecule is CC(C)(C)OC(=O)[C@H]1CC[C@@H](C(=O)O)N(C(=O)OCC2c3ccccc3-c3ccccc32)C1. The molecule has 1 heterocycles. The van der Waals surface area contributed by atoms with E-state index >= 15 is 0 Å². The fraction of sp³-hybridized carbons (Fsp3) is 0.423. The van der Waals surface area contributed by atoms with Gasteiger partial charge in [-0.15, -0.1) is 0 Å². The van der Waals surface area contributed by atoms with E-state index in [1.165, 1.54) is 0 Å². The summed E-state index contributed by atoms with van der Waals surface area (Å²) in [6.07, 6.45) is -0.208. The van der Waals surface area contributed by atoms with Crippen molar-refractivity contribution >= 4 is 18.0 Å². The van der Waals surface area contributed by atoms with Crippen LogP contribution in [0, 0.1) is 5.92 Å². The van der Waals surface area contributed by atoms with Crippen molar-refractivity contribution in [1.82, 2.24) is 4.90 Å². The number of benzene rings is 2. The summed E-state index contributed by atoms with van der Waals surface area (Å²) in [6.45, 7) is 5.38. The Labute approximate surface area is 193 Å². The summed E-state index contributed by atoms with van der Waals surface area (Å²) < 4.78 is 11.1. The highest BCUT2D eigenvalue weighted by Gasteiger charge is 2.41. The van der Waals surface area contributed by atoms with Gasteiger partial charge in [0.15, 0.2) is 0 Å². The van der Waals surface area contributed by atoms with Crippen molar-refractivity contribution in [3.8, 4) is 11.1 Å². The highest BCUT2D eigenvalue weighted by molar-refractivity contribution is 5.82. The van der Waals surface area contributed by atoms with Crippen molar-refractivity contribution in [3.63, 3.8) is 0 Å². The minimum Gasteiger partial charge on any atom is -0.480 e. The largest absolute Gasteiger partial charge is 0.480 e. The molecule has 2 aromatic rings. The first-order valence-electron chi connectivity index (χ1n) is 11.2. The number of fused-ring (bicyclic) bond motifs is 3. The molecule has 0 bridgehead atoms. The van der Waals surface area contributed by atoms with E-state index in [-0.39, 0.29) is 25.5 Å². The number of aliphatic carboxylic acids is 1. The van der Waals surface area contributed by atoms with Gasteiger partial charge >= 0.3 is 18.0 Å². The summed E-state index contributed by atoms with van der Waals surface area (Å²) in [5.74, 6) is -2.25. The van der Waals surface area contributed by atoms with Crippen LogP contribution in [0.3, 0.4) is 0 Å². The van der Waals surface area contributed by atoms with E-state index in [4.69, 9.17) is 9.47 Å². The van der Waals surface area contributed by atoms with Gasteiger partial charge in [0.1, 0.15) is 18.2 Å². The van der Waals surface area contributed by atoms with Crippen LogP contribution in [-0.2, 0) is 19.1 Å². The molecule has 174 valence electrons. The molecule has 0 spiro atoms. The molecule has 0 aromatic heterocycles. The molecule has 2 aromatic carbocycles. The van der Waals surface area contributed by atoms with Gasteiger partial charge < -0.3 is 14.6 Å². The Hall–Kier alpha value is -3.35. The van der Waals surface area contributed by atoms with Crippen molar-refractivity contribution in [2.24, 2.45) is 5.92 Å². The molecule has 0 unspecified atom stereocenters. The quantitative estimate of drug-likeness (QED) is 0.691. The van der Waals surface area contributed by atoms with Crippen LogP contribution in [0.2, 0.25) is 0 Å². The van der Waals surface area contributed by atoms with Gasteiger partial charge in [0.2, 0.25) is 0 Å². The van der Waals surface area contributed by atoms with Crippen LogP contribution in [0.5, 0.6) is 0 Å². The summed E-state index contributed by atoms with van der Waals surface area (Å²) in [7, 11) is 0. The Morgan fingerprint density at radius 2 is 1.55 bits per heavy atom. The number of ether oxygens (including phenoxy) is 2. The number of carboxylic acids is 1. The van der Waals surface area contributed by atoms with E-state index < -0.39 is 35.6 Å². The van der Waals surface area contributed by atoms with Crippen molar-refractivity contribution in [2.45, 2.75) is 51.2 Å². The van der Waals surface area contributed by atoms with Crippen LogP contribution >= 0.6 is 0 Å². The Kier molecular flexibility index (Phi) is 6.15. The molecule has 1 saturated heterocycles. The van der Waals surface area contributed by atoms with Gasteiger partial charge in [-0.25, -0.2) is 9.59 Å². The normalized spacial score (nSPS) is 20.0. The maximum atomic E-state index is 13.0. The zero-order chi connectivity index (χ0) is 23.8. The van der Waals surface area contributed by atoms with E-state index in [0.29, 0.717) is 6.42 Å². The Morgan fingerprint density at radius 3 is 2.09 bits per heavy atom. The van der Waals surface area contributed by atoms with Crippen LogP contribution in [0.25, 0.3) is 11.1 Å². The van der Waals surface area contributed by atoms with E-state index in [0.717, 1.165) is 27.2 Å². The maximum absolute atomic E-state index is 13.0. The van der Waals surface area contributed by atoms with Crippen molar-refractivity contribution < 1.29 is 29.0 Å². The predicted molar refractivity (Wildman–Crippen MR) is 122 cm³/mol. The van der Waals surface area contributed by atoms with E-state index in [1.54, 1.807) is 20.8 Å². The van der Waals surface area contributed by atoms with Crippen LogP contribution in [0.1, 0.15) is 50.7 Å². The van der Waals surface area contributed by atoms with Gasteiger partial charge in [0.05, 0.1) is 5.92 Å². The van der Waals surface area contributed by atoms with Gasteiger partial charge in [-0.2, -0.15) is 0 Å². The highest BCUT2D eigenvalue weighted by Crippen LogP contribution is 2.44. The smallest absolute Gasteiger partial charge is 0.410 e. The molecule has 1 aliphatic carbocycles. The molecule has 1 fully saturated rings. The number of carbonyl (C=O) groups excluding carboxylic acids is 2. The minimum atomic E-state index is -1.11. The molecule has 1 aliphatic heterocycles. The van der Waals surface area contributed by atoms with E-state index in [9.17, 15) is 19.5 Å². The summed E-state index contributed by atoms with van der Waals surface area (Å²) in [4.78, 5) is 38.5. The molecule has 33 heavy (non-hydrogen) atoms. The lowest BCUT2D eigenvalue weighted by Gasteiger charge is -2.36. The van der Waals surface area contributed by atoms with Gasteiger partial charge in [0, 0.05) is 12.5 Å². The first-order valence-corrected chi connectivity index (χ1v) is 11.2. The molecule has 7 heteroatoms. The van der Waals surface area contributed by atoms with Crippen LogP contribution in [0.15, 0.2) is 48.5 Å². The van der Waals surface area contributed by atoms with Crippen molar-refractivity contribution in [3.05, 3.63) is 59.7 Å². The Morgan fingerprint density at radius 1 is 0.970 bits per heavy atom. The molecule has 0 saturated carbocycles. The van der Waals surface area contributed by atoms with Crippen LogP contribution < -0.4 is 0 Å². The van der Waals surface area contributed by atoms with E-state index in [1.807, 2.05) is 48.5 Å². The lowest BCUT2D eigenvalue weighted by Crippen LogP contribution is -2.52. The first-order chi connectivity index (χ1) is 15.7. The second kappa shape index (κ2) is 8.89. The summed E-state index contributed by atoms with van der Waals surface area (Å²) in [5, 5.41) is 9.64. The Balaban J connectivity index is 1.49. The highest BCUT2D eigenvalue weighted by atomic mass is 16.6. The lowest BCUT2D eigenvalue weighted by atomic mass is 9.93. The lowest BCUT2D eigenvalue weighted by molar-refractivity contribution is -0.164. The summed E-state index contributed by atoms with van der Waals surface area (Å²) in [5.41, 5.74) is 3.72. The minimum absolute atomic E-state index is 0.0391. The van der Waals surface area contributed by atoms with Crippen LogP contribution in [-0.4, -0.2) is 52.8 Å². The first kappa shape index (κ1) is 22.8. The number of esters is 1. The number of amides is 1. The number of nitrogens with zero attached hydrogens (tertiary/aromatic N) is 1. The predicted octanol–water partition coefficient (Wildman–Crippen LogP) is 4.44. The standard InChI is InChI=1S/C26H29NO6/c1-26(2,3)33-24(30)16-12-13-22(23(28)29)27(14-16)25(31)32-15-21-19-10-6-4-8-17(19)18-9-5-7-11-20(18)21/h4-11,16,21-22H,12-15H2,1-3H3,(H,28,29)/t16-,22-/m0/s1. The summed E-state index contributed by atoms with van der Waals surface area (Å²) in [6, 6.07) is 15.0. The molecular weight excluding hydrogens is 422 g/mol. The number of piperidine rings is 1. The second-order valence-corrected chi connectivity index (χ2v) is 9.62. The third kappa shape index (κ3) is 4.72. The third-order valence-electron chi connectivity index (χ3n) is 6.18. The number of likely N-dealkylation sites (tertiary alicyclic amines) is 1. The topological polar surface area (TPSA) is 93.1 Å². The van der Waals surface area contributed by atoms with Gasteiger partial charge in [-0.3, -0.25) is 9.69 Å². The van der Waals surface area contributed by atoms with Crippen LogP contribution in [0.4, 0.5) is 4.79 Å². The molecule has 2 atom stereocenters. The average Bonchev–Trinajstić information content (AvgIpc) is 3.09. The zero-order valence-electron chi connectivity index (χ0n) is 19.1. The molecule has 0 radical (unpaired) electrons. The number of hydrogen-bond donors (Lipinski definition) is 1. The zero-order valence-corrected chi connectivity index (χ0v) is 19.1. The summed E-state index contributed by atoms with van der Waals surface area (Å²) >= 11 is 0. The van der Waals surface area contributed by atoms with E-state index in [2.05, 4.69) is 0 Å². The Bertz CT molecular complexity index is 1030. The fourth-order valence-corrected chi connectivity index (χ4v) is 4.68. The molecule has 1 amide bonds. The maximum Gasteiger partial charge on any atom is 0.410 e. The second-order valence-electron chi connectivity index (χ2n) is 9.62. The average molecular weight is 452 g/mol. The molecule has 2 aliphatic rings. The number of hydrogen-bond acceptors (Lipinski definition) is 5. The fourth-order valence-electron chi connectivity index (χ4n) is 4.68. The van der Waals surface area contributed by atoms with Crippen molar-refractivity contribution in [1.29, 1.82) is 0 Å². The number of carbonyl (C=O) groups is 3. The monoisotopic (exact) mass is 451 g/mol. The van der Waals surface area contributed by atoms with Gasteiger partial charge in [-0.05, 0) is 55.9 Å². The van der Waals surface area contributed by atoms with Gasteiger partial charge in [0.25, 0.3) is 0 Å². The number of rotatable bonds is 4. The number of carboxylic acid groups (broad SMARTS) is 1.